The van der Waals surface area contributed by atoms with Gasteiger partial charge in [0.25, 0.3) is 0 Å². The van der Waals surface area contributed by atoms with Gasteiger partial charge in [-0.25, -0.2) is 4.98 Å². The molecule has 1 fully saturated rings. The Hall–Kier alpha value is -1.36. The number of hydrogen-bond acceptors (Lipinski definition) is 5. The Labute approximate surface area is 123 Å². The molecule has 0 radical (unpaired) electrons. The van der Waals surface area contributed by atoms with Crippen molar-refractivity contribution < 1.29 is 4.74 Å². The predicted molar refractivity (Wildman–Crippen MR) is 83.8 cm³/mol. The van der Waals surface area contributed by atoms with Crippen LogP contribution in [0.15, 0.2) is 6.07 Å². The van der Waals surface area contributed by atoms with Crippen LogP contribution in [0, 0.1) is 0 Å². The maximum absolute atomic E-state index is 6.18. The second kappa shape index (κ2) is 5.95. The molecular formula is C15H21N3OS. The lowest BCUT2D eigenvalue weighted by molar-refractivity contribution is 0.151. The number of rotatable bonds is 4. The first kappa shape index (κ1) is 13.6. The van der Waals surface area contributed by atoms with Crippen LogP contribution in [0.3, 0.4) is 0 Å². The van der Waals surface area contributed by atoms with Gasteiger partial charge in [-0.05, 0) is 38.2 Å². The van der Waals surface area contributed by atoms with Gasteiger partial charge in [0.05, 0.1) is 5.39 Å². The van der Waals surface area contributed by atoms with Gasteiger partial charge in [0, 0.05) is 11.9 Å². The Kier molecular flexibility index (Phi) is 4.05. The van der Waals surface area contributed by atoms with Crippen molar-refractivity contribution >= 4 is 27.5 Å². The standard InChI is InChI=1S/C15H21N3OS/c1-3-11-9-12-13(19-10-7-5-4-6-8-10)17-15(16-2)18-14(12)20-11/h9-10H,3-8H2,1-2H3,(H,16,17,18). The van der Waals surface area contributed by atoms with Crippen molar-refractivity contribution in [2.75, 3.05) is 12.4 Å². The van der Waals surface area contributed by atoms with Crippen LogP contribution in [0.2, 0.25) is 0 Å². The fraction of sp³-hybridized carbons (Fsp3) is 0.600. The molecule has 1 saturated carbocycles. The molecule has 4 nitrogen and oxygen atoms in total. The minimum atomic E-state index is 0.316. The zero-order chi connectivity index (χ0) is 13.9. The molecule has 108 valence electrons. The molecule has 3 rings (SSSR count). The van der Waals surface area contributed by atoms with Crippen LogP contribution < -0.4 is 10.1 Å². The zero-order valence-electron chi connectivity index (χ0n) is 12.1. The van der Waals surface area contributed by atoms with Gasteiger partial charge in [-0.2, -0.15) is 4.98 Å². The first-order valence-electron chi connectivity index (χ1n) is 7.45. The normalized spacial score (nSPS) is 16.5. The Morgan fingerprint density at radius 3 is 2.80 bits per heavy atom. The minimum Gasteiger partial charge on any atom is -0.474 e. The van der Waals surface area contributed by atoms with Crippen molar-refractivity contribution in [2.45, 2.75) is 51.6 Å². The van der Waals surface area contributed by atoms with Crippen LogP contribution in [-0.4, -0.2) is 23.1 Å². The van der Waals surface area contributed by atoms with Crippen LogP contribution in [-0.2, 0) is 6.42 Å². The fourth-order valence-corrected chi connectivity index (χ4v) is 3.62. The molecule has 20 heavy (non-hydrogen) atoms. The number of thiophene rings is 1. The number of nitrogens with zero attached hydrogens (tertiary/aromatic N) is 2. The van der Waals surface area contributed by atoms with Crippen LogP contribution in [0.25, 0.3) is 10.2 Å². The maximum Gasteiger partial charge on any atom is 0.227 e. The van der Waals surface area contributed by atoms with Crippen LogP contribution in [0.1, 0.15) is 43.9 Å². The van der Waals surface area contributed by atoms with Gasteiger partial charge in [-0.3, -0.25) is 0 Å². The number of aromatic nitrogens is 2. The Bertz CT molecular complexity index is 590. The second-order valence-electron chi connectivity index (χ2n) is 5.27. The lowest BCUT2D eigenvalue weighted by Gasteiger charge is -2.22. The number of aryl methyl sites for hydroxylation is 1. The number of hydrogen-bond donors (Lipinski definition) is 1. The van der Waals surface area contributed by atoms with Crippen molar-refractivity contribution in [1.82, 2.24) is 9.97 Å². The summed E-state index contributed by atoms with van der Waals surface area (Å²) in [6.07, 6.45) is 7.49. The molecule has 0 saturated heterocycles. The van der Waals surface area contributed by atoms with Gasteiger partial charge in [0.15, 0.2) is 0 Å². The summed E-state index contributed by atoms with van der Waals surface area (Å²) in [4.78, 5) is 11.4. The van der Waals surface area contributed by atoms with Crippen molar-refractivity contribution in [3.8, 4) is 5.88 Å². The van der Waals surface area contributed by atoms with Crippen LogP contribution in [0.4, 0.5) is 5.95 Å². The molecule has 5 heteroatoms. The third kappa shape index (κ3) is 2.73. The van der Waals surface area contributed by atoms with Crippen LogP contribution >= 0.6 is 11.3 Å². The monoisotopic (exact) mass is 291 g/mol. The Morgan fingerprint density at radius 1 is 1.30 bits per heavy atom. The van der Waals surface area contributed by atoms with Crippen molar-refractivity contribution in [2.24, 2.45) is 0 Å². The molecule has 2 heterocycles. The van der Waals surface area contributed by atoms with E-state index in [-0.39, 0.29) is 0 Å². The van der Waals surface area contributed by atoms with Crippen molar-refractivity contribution in [1.29, 1.82) is 0 Å². The summed E-state index contributed by atoms with van der Waals surface area (Å²) < 4.78 is 6.18. The maximum atomic E-state index is 6.18. The Balaban J connectivity index is 1.95. The molecule has 2 aromatic heterocycles. The summed E-state index contributed by atoms with van der Waals surface area (Å²) in [5.41, 5.74) is 0. The zero-order valence-corrected chi connectivity index (χ0v) is 12.9. The largest absolute Gasteiger partial charge is 0.474 e. The first-order valence-corrected chi connectivity index (χ1v) is 8.26. The average molecular weight is 291 g/mol. The fourth-order valence-electron chi connectivity index (χ4n) is 2.66. The van der Waals surface area contributed by atoms with E-state index in [0.29, 0.717) is 12.1 Å². The molecule has 0 spiro atoms. The van der Waals surface area contributed by atoms with Gasteiger partial charge in [-0.15, -0.1) is 11.3 Å². The molecule has 0 aromatic carbocycles. The summed E-state index contributed by atoms with van der Waals surface area (Å²) in [5, 5.41) is 4.09. The smallest absolute Gasteiger partial charge is 0.227 e. The molecule has 0 amide bonds. The SMILES string of the molecule is CCc1cc2c(OC3CCCCC3)nc(NC)nc2s1. The van der Waals surface area contributed by atoms with Gasteiger partial charge < -0.3 is 10.1 Å². The third-order valence-corrected chi connectivity index (χ3v) is 4.98. The third-order valence-electron chi connectivity index (χ3n) is 3.81. The Morgan fingerprint density at radius 2 is 2.10 bits per heavy atom. The molecule has 0 bridgehead atoms. The average Bonchev–Trinajstić information content (AvgIpc) is 2.91. The molecule has 0 aliphatic heterocycles. The molecule has 0 atom stereocenters. The molecule has 0 unspecified atom stereocenters. The van der Waals surface area contributed by atoms with E-state index in [0.717, 1.165) is 35.4 Å². The number of fused-ring (bicyclic) bond motifs is 1. The lowest BCUT2D eigenvalue weighted by Crippen LogP contribution is -2.20. The highest BCUT2D eigenvalue weighted by atomic mass is 32.1. The quantitative estimate of drug-likeness (QED) is 0.924. The van der Waals surface area contributed by atoms with E-state index >= 15 is 0 Å². The summed E-state index contributed by atoms with van der Waals surface area (Å²) in [7, 11) is 1.85. The van der Waals surface area contributed by atoms with E-state index in [2.05, 4.69) is 28.3 Å². The van der Waals surface area contributed by atoms with Crippen molar-refractivity contribution in [3.63, 3.8) is 0 Å². The van der Waals surface area contributed by atoms with Gasteiger partial charge in [0.2, 0.25) is 11.8 Å². The number of ether oxygens (including phenoxy) is 1. The second-order valence-corrected chi connectivity index (χ2v) is 6.38. The summed E-state index contributed by atoms with van der Waals surface area (Å²) in [6.45, 7) is 2.17. The molecular weight excluding hydrogens is 270 g/mol. The predicted octanol–water partition coefficient (Wildman–Crippen LogP) is 4.01. The lowest BCUT2D eigenvalue weighted by atomic mass is 9.98. The van der Waals surface area contributed by atoms with Gasteiger partial charge in [-0.1, -0.05) is 13.3 Å². The number of nitrogens with one attached hydrogen (secondary N) is 1. The van der Waals surface area contributed by atoms with E-state index < -0.39 is 0 Å². The first-order chi connectivity index (χ1) is 9.80. The topological polar surface area (TPSA) is 47.0 Å². The molecule has 1 N–H and O–H groups in total. The van der Waals surface area contributed by atoms with E-state index in [4.69, 9.17) is 4.74 Å². The van der Waals surface area contributed by atoms with Gasteiger partial charge in [0.1, 0.15) is 10.9 Å². The summed E-state index contributed by atoms with van der Waals surface area (Å²) in [6, 6.07) is 2.18. The highest BCUT2D eigenvalue weighted by Crippen LogP contribution is 2.33. The van der Waals surface area contributed by atoms with E-state index in [1.165, 1.54) is 24.1 Å². The van der Waals surface area contributed by atoms with Crippen molar-refractivity contribution in [3.05, 3.63) is 10.9 Å². The van der Waals surface area contributed by atoms with E-state index in [1.54, 1.807) is 11.3 Å². The highest BCUT2D eigenvalue weighted by Gasteiger charge is 2.19. The van der Waals surface area contributed by atoms with E-state index in [1.807, 2.05) is 7.05 Å². The molecule has 1 aliphatic carbocycles. The minimum absolute atomic E-state index is 0.316. The van der Waals surface area contributed by atoms with E-state index in [9.17, 15) is 0 Å². The molecule has 2 aromatic rings. The number of anilines is 1. The highest BCUT2D eigenvalue weighted by molar-refractivity contribution is 7.18. The summed E-state index contributed by atoms with van der Waals surface area (Å²) >= 11 is 1.73. The van der Waals surface area contributed by atoms with Crippen LogP contribution in [0.5, 0.6) is 5.88 Å². The van der Waals surface area contributed by atoms with Gasteiger partial charge >= 0.3 is 0 Å². The molecule has 1 aliphatic rings. The summed E-state index contributed by atoms with van der Waals surface area (Å²) in [5.74, 6) is 1.40.